The normalized spacial score (nSPS) is 20.1. The van der Waals surface area contributed by atoms with Gasteiger partial charge in [0.05, 0.1) is 0 Å². The van der Waals surface area contributed by atoms with Crippen LogP contribution in [-0.4, -0.2) is 34.3 Å². The Hall–Kier alpha value is 2.66. The second kappa shape index (κ2) is 10.3. The van der Waals surface area contributed by atoms with Gasteiger partial charge in [-0.25, -0.2) is 22.8 Å². The van der Waals surface area contributed by atoms with E-state index in [2.05, 4.69) is 17.2 Å². The summed E-state index contributed by atoms with van der Waals surface area (Å²) in [6, 6.07) is 0. The van der Waals surface area contributed by atoms with E-state index >= 15 is 0 Å². The van der Waals surface area contributed by atoms with E-state index in [1.54, 1.807) is 0 Å². The fourth-order valence-corrected chi connectivity index (χ4v) is 5.97. The van der Waals surface area contributed by atoms with Crippen molar-refractivity contribution >= 4 is 39.1 Å². The molecule has 0 spiro atoms. The fraction of sp³-hybridized carbons (Fsp3) is 0. The summed E-state index contributed by atoms with van der Waals surface area (Å²) in [4.78, 5) is 58.7. The van der Waals surface area contributed by atoms with Crippen LogP contribution in [-0.2, 0) is 40.1 Å². The van der Waals surface area contributed by atoms with Gasteiger partial charge in [0.15, 0.2) is 0 Å². The van der Waals surface area contributed by atoms with Gasteiger partial charge in [-0.2, -0.15) is 17.2 Å². The third-order valence-corrected chi connectivity index (χ3v) is 7.49. The van der Waals surface area contributed by atoms with Crippen molar-refractivity contribution in [2.75, 3.05) is 0 Å². The standard InChI is InChI=1S/Li.Nd.H7O16P5.H/c;;1-17(2,3)13-19(7,8)15-21(11,12)16-20(9,10)14-18(4,5)6;/h;;(H,7,8)(H,9,10)(H,11,12)(H2,1,2,3)(H2,4,5,6);/q+1;;;-1. The molecule has 0 saturated heterocycles. The summed E-state index contributed by atoms with van der Waals surface area (Å²) in [7, 11) is -29.3. The molecule has 23 heavy (non-hydrogen) atoms. The van der Waals surface area contributed by atoms with Crippen LogP contribution in [0.1, 0.15) is 1.43 Å². The van der Waals surface area contributed by atoms with E-state index in [1.807, 2.05) is 0 Å². The zero-order valence-electron chi connectivity index (χ0n) is 11.5. The van der Waals surface area contributed by atoms with Crippen molar-refractivity contribution in [2.24, 2.45) is 0 Å². The van der Waals surface area contributed by atoms with Crippen LogP contribution < -0.4 is 18.9 Å². The molecule has 0 rings (SSSR count). The molecule has 0 saturated carbocycles. The first-order chi connectivity index (χ1) is 8.83. The van der Waals surface area contributed by atoms with Gasteiger partial charge in [-0.15, -0.1) is 0 Å². The molecule has 0 aromatic rings. The molecule has 16 nitrogen and oxygen atoms in total. The summed E-state index contributed by atoms with van der Waals surface area (Å²) in [6.07, 6.45) is 0. The maximum Gasteiger partial charge on any atom is 1.00 e. The van der Waals surface area contributed by atoms with Gasteiger partial charge in [-0.3, -0.25) is 0 Å². The van der Waals surface area contributed by atoms with Crippen molar-refractivity contribution in [3.05, 3.63) is 0 Å². The number of hydrogen-bond acceptors (Lipinski definition) is 9. The van der Waals surface area contributed by atoms with E-state index in [4.69, 9.17) is 34.3 Å². The van der Waals surface area contributed by atoms with Crippen LogP contribution >= 0.6 is 39.1 Å². The van der Waals surface area contributed by atoms with Gasteiger partial charge in [0.25, 0.3) is 0 Å². The number of hydrogen-bond donors (Lipinski definition) is 7. The molecule has 0 bridgehead atoms. The van der Waals surface area contributed by atoms with Gasteiger partial charge in [0, 0.05) is 40.8 Å². The Labute approximate surface area is 173 Å². The van der Waals surface area contributed by atoms with Crippen molar-refractivity contribution in [2.45, 2.75) is 0 Å². The first-order valence-electron chi connectivity index (χ1n) is 3.77. The Morgan fingerprint density at radius 2 is 0.696 bits per heavy atom. The molecule has 0 aliphatic heterocycles. The van der Waals surface area contributed by atoms with Crippen LogP contribution in [0.3, 0.4) is 0 Å². The van der Waals surface area contributed by atoms with Gasteiger partial charge in [0.2, 0.25) is 0 Å². The van der Waals surface area contributed by atoms with Crippen LogP contribution in [0.25, 0.3) is 0 Å². The monoisotopic (exact) mass is 568 g/mol. The molecule has 0 amide bonds. The summed E-state index contributed by atoms with van der Waals surface area (Å²) in [6.45, 7) is 0. The molecule has 2 atom stereocenters. The first kappa shape index (κ1) is 30.4. The predicted molar refractivity (Wildman–Crippen MR) is 59.0 cm³/mol. The summed E-state index contributed by atoms with van der Waals surface area (Å²) in [5.41, 5.74) is 0. The average molecular weight is 570 g/mol. The van der Waals surface area contributed by atoms with Gasteiger partial charge in [-0.1, -0.05) is 0 Å². The second-order valence-corrected chi connectivity index (χ2v) is 10.1. The maximum absolute atomic E-state index is 11.0. The molecule has 0 fully saturated rings. The predicted octanol–water partition coefficient (Wildman–Crippen LogP) is -3.34. The maximum atomic E-state index is 11.0. The van der Waals surface area contributed by atoms with E-state index in [-0.39, 0.29) is 61.1 Å². The molecular weight excluding hydrogens is 562 g/mol. The van der Waals surface area contributed by atoms with Crippen molar-refractivity contribution in [1.82, 2.24) is 0 Å². The second-order valence-electron chi connectivity index (χ2n) is 2.71. The fourth-order valence-electron chi connectivity index (χ4n) is 0.574. The Morgan fingerprint density at radius 3 is 0.870 bits per heavy atom. The third-order valence-electron chi connectivity index (χ3n) is 0.832. The Kier molecular flexibility index (Phi) is 13.6. The van der Waals surface area contributed by atoms with Crippen LogP contribution in [0.4, 0.5) is 0 Å². The van der Waals surface area contributed by atoms with Gasteiger partial charge >= 0.3 is 58.0 Å². The first-order valence-corrected chi connectivity index (χ1v) is 11.3. The number of phosphoric acid groups is 5. The quantitative estimate of drug-likeness (QED) is 0.111. The molecule has 23 heteroatoms. The molecule has 7 N–H and O–H groups in total. The zero-order chi connectivity index (χ0) is 17.3. The van der Waals surface area contributed by atoms with Crippen molar-refractivity contribution in [3.63, 3.8) is 0 Å². The summed E-state index contributed by atoms with van der Waals surface area (Å²) in [5.74, 6) is 0. The summed E-state index contributed by atoms with van der Waals surface area (Å²) in [5, 5.41) is 0. The minimum atomic E-state index is -6.07. The minimum Gasteiger partial charge on any atom is -1.00 e. The van der Waals surface area contributed by atoms with Crippen molar-refractivity contribution in [1.29, 1.82) is 0 Å². The Morgan fingerprint density at radius 1 is 0.522 bits per heavy atom. The molecule has 2 unspecified atom stereocenters. The molecule has 134 valence electrons. The largest absolute Gasteiger partial charge is 1.00 e. The third kappa shape index (κ3) is 17.8. The topological polar surface area (TPSA) is 264 Å². The minimum absolute atomic E-state index is 0. The van der Waals surface area contributed by atoms with Gasteiger partial charge in [-0.05, 0) is 0 Å². The molecule has 0 aliphatic carbocycles. The van der Waals surface area contributed by atoms with Crippen molar-refractivity contribution < 1.29 is 135 Å². The van der Waals surface area contributed by atoms with Crippen molar-refractivity contribution in [3.8, 4) is 0 Å². The van der Waals surface area contributed by atoms with Crippen LogP contribution in [0.2, 0.25) is 0 Å². The average Bonchev–Trinajstić information content (AvgIpc) is 1.83. The number of rotatable bonds is 8. The molecule has 0 radical (unpaired) electrons. The van der Waals surface area contributed by atoms with E-state index in [0.717, 1.165) is 0 Å². The molecule has 0 aliphatic rings. The summed E-state index contributed by atoms with van der Waals surface area (Å²) < 4.78 is 65.6. The molecular formula is H8LiNdO16P5. The Balaban J connectivity index is -0.000000667. The van der Waals surface area contributed by atoms with E-state index < -0.39 is 39.1 Å². The Bertz CT molecular complexity index is 564. The molecule has 0 heterocycles. The SMILES string of the molecule is O=P(O)(O)OP(=O)(O)OP(=O)(O)OP(=O)(O)OP(=O)(O)O.[H-].[Li+].[Nd]. The van der Waals surface area contributed by atoms with Crippen LogP contribution in [0.5, 0.6) is 0 Å². The van der Waals surface area contributed by atoms with Crippen LogP contribution in [0, 0.1) is 40.8 Å². The van der Waals surface area contributed by atoms with Crippen LogP contribution in [0.15, 0.2) is 0 Å². The molecule has 0 aromatic carbocycles. The summed E-state index contributed by atoms with van der Waals surface area (Å²) >= 11 is 0. The zero-order valence-corrected chi connectivity index (χ0v) is 18.2. The van der Waals surface area contributed by atoms with E-state index in [1.165, 1.54) is 0 Å². The van der Waals surface area contributed by atoms with E-state index in [0.29, 0.717) is 0 Å². The van der Waals surface area contributed by atoms with Gasteiger partial charge < -0.3 is 35.7 Å². The molecule has 0 aromatic heterocycles. The van der Waals surface area contributed by atoms with Gasteiger partial charge in [0.1, 0.15) is 0 Å². The van der Waals surface area contributed by atoms with E-state index in [9.17, 15) is 22.8 Å². The smallest absolute Gasteiger partial charge is 1.00 e.